The second kappa shape index (κ2) is 1.59. The lowest BCUT2D eigenvalue weighted by atomic mass is 10.0. The zero-order chi connectivity index (χ0) is 5.40. The Balaban J connectivity index is 2.13. The zero-order valence-electron chi connectivity index (χ0n) is 4.93. The van der Waals surface area contributed by atoms with Crippen LogP contribution < -0.4 is 5.32 Å². The predicted octanol–water partition coefficient (Wildman–Crippen LogP) is 0.924. The van der Waals surface area contributed by atoms with Crippen LogP contribution in [0.4, 0.5) is 0 Å². The molecule has 0 aromatic carbocycles. The van der Waals surface area contributed by atoms with Crippen molar-refractivity contribution in [2.24, 2.45) is 5.92 Å². The highest BCUT2D eigenvalue weighted by Crippen LogP contribution is 2.25. The molecule has 2 aliphatic rings. The maximum absolute atomic E-state index is 3.43. The molecule has 1 saturated heterocycles. The molecule has 8 heavy (non-hydrogen) atoms. The number of allylic oxidation sites excluding steroid dienone is 1. The van der Waals surface area contributed by atoms with Crippen molar-refractivity contribution in [3.05, 3.63) is 12.2 Å². The number of rotatable bonds is 0. The maximum Gasteiger partial charge on any atom is 0.0281 e. The SMILES string of the molecule is C1=CC2NCCC2C1. The third kappa shape index (κ3) is 0.511. The lowest BCUT2D eigenvalue weighted by Crippen LogP contribution is -2.20. The average molecular weight is 109 g/mol. The Labute approximate surface area is 49.8 Å². The van der Waals surface area contributed by atoms with Crippen LogP contribution in [0.3, 0.4) is 0 Å². The lowest BCUT2D eigenvalue weighted by molar-refractivity contribution is 0.550. The number of fused-ring (bicyclic) bond motifs is 1. The predicted molar refractivity (Wildman–Crippen MR) is 33.7 cm³/mol. The first-order valence-corrected chi connectivity index (χ1v) is 3.37. The minimum Gasteiger partial charge on any atom is -0.310 e. The first-order valence-electron chi connectivity index (χ1n) is 3.37. The Bertz CT molecular complexity index is 118. The molecule has 1 heteroatoms. The molecule has 44 valence electrons. The zero-order valence-corrected chi connectivity index (χ0v) is 4.93. The standard InChI is InChI=1S/C7H11N/c1-2-6-4-5-8-7(6)3-1/h1,3,6-8H,2,4-5H2. The molecular formula is C7H11N. The van der Waals surface area contributed by atoms with E-state index < -0.39 is 0 Å². The largest absolute Gasteiger partial charge is 0.310 e. The summed E-state index contributed by atoms with van der Waals surface area (Å²) >= 11 is 0. The van der Waals surface area contributed by atoms with Crippen molar-refractivity contribution < 1.29 is 0 Å². The molecule has 0 radical (unpaired) electrons. The van der Waals surface area contributed by atoms with E-state index in [1.165, 1.54) is 19.4 Å². The third-order valence-corrected chi connectivity index (χ3v) is 2.19. The maximum atomic E-state index is 3.43. The fourth-order valence-electron chi connectivity index (χ4n) is 1.67. The Morgan fingerprint density at radius 1 is 1.50 bits per heavy atom. The van der Waals surface area contributed by atoms with Gasteiger partial charge in [-0.3, -0.25) is 0 Å². The van der Waals surface area contributed by atoms with Gasteiger partial charge in [0, 0.05) is 6.04 Å². The van der Waals surface area contributed by atoms with E-state index in [0.717, 1.165) is 12.0 Å². The summed E-state index contributed by atoms with van der Waals surface area (Å²) in [6.45, 7) is 1.24. The van der Waals surface area contributed by atoms with Crippen LogP contribution in [0, 0.1) is 5.92 Å². The van der Waals surface area contributed by atoms with Crippen molar-refractivity contribution in [3.8, 4) is 0 Å². The van der Waals surface area contributed by atoms with Gasteiger partial charge in [0.25, 0.3) is 0 Å². The summed E-state index contributed by atoms with van der Waals surface area (Å²) < 4.78 is 0. The number of nitrogens with one attached hydrogen (secondary N) is 1. The van der Waals surface area contributed by atoms with Crippen LogP contribution in [0.1, 0.15) is 12.8 Å². The van der Waals surface area contributed by atoms with Crippen molar-refractivity contribution in [1.82, 2.24) is 5.32 Å². The van der Waals surface area contributed by atoms with E-state index >= 15 is 0 Å². The molecular weight excluding hydrogens is 98.1 g/mol. The van der Waals surface area contributed by atoms with Gasteiger partial charge in [0.05, 0.1) is 0 Å². The molecule has 1 fully saturated rings. The van der Waals surface area contributed by atoms with Crippen molar-refractivity contribution in [3.63, 3.8) is 0 Å². The lowest BCUT2D eigenvalue weighted by Gasteiger charge is -2.04. The summed E-state index contributed by atoms with van der Waals surface area (Å²) in [6, 6.07) is 0.745. The molecule has 2 rings (SSSR count). The summed E-state index contributed by atoms with van der Waals surface area (Å²) in [4.78, 5) is 0. The van der Waals surface area contributed by atoms with Gasteiger partial charge in [0.1, 0.15) is 0 Å². The second-order valence-corrected chi connectivity index (χ2v) is 2.69. The van der Waals surface area contributed by atoms with Crippen LogP contribution in [0.5, 0.6) is 0 Å². The molecule has 1 aliphatic carbocycles. The average Bonchev–Trinajstić information content (AvgIpc) is 2.15. The summed E-state index contributed by atoms with van der Waals surface area (Å²) in [5.74, 6) is 0.954. The van der Waals surface area contributed by atoms with Gasteiger partial charge >= 0.3 is 0 Å². The van der Waals surface area contributed by atoms with E-state index in [1.807, 2.05) is 0 Å². The van der Waals surface area contributed by atoms with Gasteiger partial charge in [-0.05, 0) is 25.3 Å². The monoisotopic (exact) mass is 109 g/mol. The third-order valence-electron chi connectivity index (χ3n) is 2.19. The Morgan fingerprint density at radius 2 is 2.50 bits per heavy atom. The van der Waals surface area contributed by atoms with Gasteiger partial charge < -0.3 is 5.32 Å². The molecule has 1 aliphatic heterocycles. The van der Waals surface area contributed by atoms with Gasteiger partial charge in [-0.15, -0.1) is 0 Å². The molecule has 0 aromatic rings. The number of hydrogen-bond donors (Lipinski definition) is 1. The summed E-state index contributed by atoms with van der Waals surface area (Å²) in [5, 5.41) is 3.43. The van der Waals surface area contributed by atoms with Gasteiger partial charge in [-0.1, -0.05) is 12.2 Å². The van der Waals surface area contributed by atoms with Crippen LogP contribution in [0.2, 0.25) is 0 Å². The van der Waals surface area contributed by atoms with E-state index in [1.54, 1.807) is 0 Å². The number of hydrogen-bond acceptors (Lipinski definition) is 1. The molecule has 2 atom stereocenters. The van der Waals surface area contributed by atoms with E-state index in [-0.39, 0.29) is 0 Å². The Hall–Kier alpha value is -0.300. The van der Waals surface area contributed by atoms with E-state index in [9.17, 15) is 0 Å². The highest BCUT2D eigenvalue weighted by molar-refractivity contribution is 5.08. The van der Waals surface area contributed by atoms with Gasteiger partial charge in [0.15, 0.2) is 0 Å². The Kier molecular flexibility index (Phi) is 0.908. The van der Waals surface area contributed by atoms with Crippen LogP contribution in [0.15, 0.2) is 12.2 Å². The summed E-state index contributed by atoms with van der Waals surface area (Å²) in [6.07, 6.45) is 7.30. The molecule has 0 aromatic heterocycles. The van der Waals surface area contributed by atoms with Crippen LogP contribution in [-0.2, 0) is 0 Å². The van der Waals surface area contributed by atoms with Gasteiger partial charge in [-0.2, -0.15) is 0 Å². The van der Waals surface area contributed by atoms with E-state index in [0.29, 0.717) is 0 Å². The molecule has 0 bridgehead atoms. The minimum atomic E-state index is 0.745. The smallest absolute Gasteiger partial charge is 0.0281 e. The highest BCUT2D eigenvalue weighted by atomic mass is 14.9. The molecule has 1 heterocycles. The molecule has 2 unspecified atom stereocenters. The van der Waals surface area contributed by atoms with Crippen LogP contribution in [-0.4, -0.2) is 12.6 Å². The second-order valence-electron chi connectivity index (χ2n) is 2.69. The van der Waals surface area contributed by atoms with E-state index in [2.05, 4.69) is 17.5 Å². The first-order chi connectivity index (χ1) is 3.97. The Morgan fingerprint density at radius 3 is 3.38 bits per heavy atom. The van der Waals surface area contributed by atoms with Crippen molar-refractivity contribution >= 4 is 0 Å². The highest BCUT2D eigenvalue weighted by Gasteiger charge is 2.26. The van der Waals surface area contributed by atoms with Crippen molar-refractivity contribution in [2.45, 2.75) is 18.9 Å². The normalized spacial score (nSPS) is 43.0. The fourth-order valence-corrected chi connectivity index (χ4v) is 1.67. The van der Waals surface area contributed by atoms with E-state index in [4.69, 9.17) is 0 Å². The summed E-state index contributed by atoms with van der Waals surface area (Å²) in [5.41, 5.74) is 0. The van der Waals surface area contributed by atoms with Gasteiger partial charge in [-0.25, -0.2) is 0 Å². The van der Waals surface area contributed by atoms with Crippen LogP contribution in [0.25, 0.3) is 0 Å². The fraction of sp³-hybridized carbons (Fsp3) is 0.714. The summed E-state index contributed by atoms with van der Waals surface area (Å²) in [7, 11) is 0. The topological polar surface area (TPSA) is 12.0 Å². The molecule has 0 spiro atoms. The molecule has 0 saturated carbocycles. The van der Waals surface area contributed by atoms with Crippen molar-refractivity contribution in [1.29, 1.82) is 0 Å². The molecule has 0 amide bonds. The van der Waals surface area contributed by atoms with Crippen molar-refractivity contribution in [2.75, 3.05) is 6.54 Å². The minimum absolute atomic E-state index is 0.745. The first kappa shape index (κ1) is 4.57. The molecule has 1 N–H and O–H groups in total. The van der Waals surface area contributed by atoms with Gasteiger partial charge in [0.2, 0.25) is 0 Å². The molecule has 1 nitrogen and oxygen atoms in total. The quantitative estimate of drug-likeness (QED) is 0.456. The van der Waals surface area contributed by atoms with Crippen LogP contribution >= 0.6 is 0 Å².